The summed E-state index contributed by atoms with van der Waals surface area (Å²) >= 11 is 0. The van der Waals surface area contributed by atoms with Gasteiger partial charge in [0.2, 0.25) is 0 Å². The van der Waals surface area contributed by atoms with Crippen molar-refractivity contribution >= 4 is 31.1 Å². The first kappa shape index (κ1) is 28.6. The van der Waals surface area contributed by atoms with E-state index in [1.165, 1.54) is 22.3 Å². The maximum absolute atomic E-state index is 11.1. The Morgan fingerprint density at radius 3 is 2.59 bits per heavy atom. The Morgan fingerprint density at radius 2 is 1.88 bits per heavy atom. The van der Waals surface area contributed by atoms with Gasteiger partial charge >= 0.3 is 0 Å². The molecule has 2 aliphatic heterocycles. The van der Waals surface area contributed by atoms with Crippen LogP contribution in [0.3, 0.4) is 0 Å². The lowest BCUT2D eigenvalue weighted by Crippen LogP contribution is -2.39. The van der Waals surface area contributed by atoms with Gasteiger partial charge in [-0.05, 0) is 59.4 Å². The summed E-state index contributed by atoms with van der Waals surface area (Å²) in [5.41, 5.74) is 5.59. The highest BCUT2D eigenvalue weighted by molar-refractivity contribution is 5.85. The molecule has 1 N–H and O–H groups in total. The van der Waals surface area contributed by atoms with Crippen LogP contribution in [-0.2, 0) is 23.3 Å². The van der Waals surface area contributed by atoms with E-state index in [-0.39, 0.29) is 30.2 Å². The highest BCUT2D eigenvalue weighted by Crippen LogP contribution is 2.37. The van der Waals surface area contributed by atoms with Gasteiger partial charge in [0.25, 0.3) is 0 Å². The topological polar surface area (TPSA) is 41.6 Å². The van der Waals surface area contributed by atoms with Crippen LogP contribution in [0.4, 0.5) is 0 Å². The minimum absolute atomic E-state index is 0. The van der Waals surface area contributed by atoms with E-state index in [2.05, 4.69) is 73.5 Å². The second kappa shape index (κ2) is 12.9. The summed E-state index contributed by atoms with van der Waals surface area (Å²) in [4.78, 5) is 13.7. The van der Waals surface area contributed by atoms with Crippen molar-refractivity contribution in [2.24, 2.45) is 5.92 Å². The predicted octanol–water partition coefficient (Wildman–Crippen LogP) is 5.89. The van der Waals surface area contributed by atoms with Crippen LogP contribution in [0.1, 0.15) is 68.2 Å². The van der Waals surface area contributed by atoms with Gasteiger partial charge in [-0.25, -0.2) is 0 Å². The second-order valence-electron chi connectivity index (χ2n) is 10.5. The van der Waals surface area contributed by atoms with Crippen molar-refractivity contribution in [2.45, 2.75) is 64.5 Å². The molecule has 2 heterocycles. The zero-order chi connectivity index (χ0) is 22.6. The van der Waals surface area contributed by atoms with Crippen LogP contribution in [0.5, 0.6) is 5.75 Å². The normalized spacial score (nSPS) is 20.7. The highest BCUT2D eigenvalue weighted by Gasteiger charge is 2.30. The standard InChI is InChI=1S/C28H38N2O2.2ClH/c1-28(2,3)25-9-6-21(7-10-25)19-30-14-12-22(5-4-15-31)26(20-30)23-8-11-27-24(17-23)18-29-13-16-32-27;;/h6-11,15,17,22,26,29H,4-5,12-14,16,18-20H2,1-3H3;2*1H. The summed E-state index contributed by atoms with van der Waals surface area (Å²) in [6, 6.07) is 15.9. The van der Waals surface area contributed by atoms with Crippen LogP contribution in [0, 0.1) is 5.92 Å². The molecule has 1 saturated heterocycles. The lowest BCUT2D eigenvalue weighted by molar-refractivity contribution is -0.108. The molecule has 0 saturated carbocycles. The van der Waals surface area contributed by atoms with Crippen molar-refractivity contribution in [3.05, 3.63) is 64.7 Å². The largest absolute Gasteiger partial charge is 0.492 e. The first-order valence-electron chi connectivity index (χ1n) is 12.2. The van der Waals surface area contributed by atoms with Gasteiger partial charge in [0.1, 0.15) is 18.6 Å². The van der Waals surface area contributed by atoms with Crippen LogP contribution in [0.2, 0.25) is 0 Å². The van der Waals surface area contributed by atoms with E-state index in [1.807, 2.05) is 0 Å². The number of likely N-dealkylation sites (tertiary alicyclic amines) is 1. The summed E-state index contributed by atoms with van der Waals surface area (Å²) in [7, 11) is 0. The molecule has 2 aromatic carbocycles. The fourth-order valence-electron chi connectivity index (χ4n) is 5.15. The van der Waals surface area contributed by atoms with Gasteiger partial charge < -0.3 is 14.8 Å². The van der Waals surface area contributed by atoms with Crippen LogP contribution in [-0.4, -0.2) is 37.4 Å². The number of ether oxygens (including phenoxy) is 1. The molecule has 2 atom stereocenters. The molecule has 2 aromatic rings. The van der Waals surface area contributed by atoms with E-state index in [9.17, 15) is 4.79 Å². The summed E-state index contributed by atoms with van der Waals surface area (Å²) in [6.45, 7) is 12.4. The predicted molar refractivity (Wildman–Crippen MR) is 145 cm³/mol. The fourth-order valence-corrected chi connectivity index (χ4v) is 5.15. The van der Waals surface area contributed by atoms with Crippen LogP contribution in [0.25, 0.3) is 0 Å². The minimum atomic E-state index is 0. The molecule has 0 spiro atoms. The summed E-state index contributed by atoms with van der Waals surface area (Å²) < 4.78 is 5.90. The van der Waals surface area contributed by atoms with E-state index in [4.69, 9.17) is 4.74 Å². The average Bonchev–Trinajstić information content (AvgIpc) is 3.03. The zero-order valence-electron chi connectivity index (χ0n) is 20.7. The van der Waals surface area contributed by atoms with Gasteiger partial charge in [0, 0.05) is 38.2 Å². The number of nitrogens with zero attached hydrogens (tertiary/aromatic N) is 1. The Bertz CT molecular complexity index is 912. The van der Waals surface area contributed by atoms with Crippen molar-refractivity contribution in [2.75, 3.05) is 26.2 Å². The molecule has 188 valence electrons. The Labute approximate surface area is 217 Å². The van der Waals surface area contributed by atoms with Crippen molar-refractivity contribution in [3.8, 4) is 5.75 Å². The number of piperidine rings is 1. The Morgan fingerprint density at radius 1 is 1.12 bits per heavy atom. The number of hydrogen-bond donors (Lipinski definition) is 1. The lowest BCUT2D eigenvalue weighted by atomic mass is 9.78. The van der Waals surface area contributed by atoms with E-state index in [0.717, 1.165) is 64.2 Å². The molecule has 1 fully saturated rings. The molecule has 0 aromatic heterocycles. The number of hydrogen-bond acceptors (Lipinski definition) is 4. The van der Waals surface area contributed by atoms with Gasteiger partial charge in [0.05, 0.1) is 0 Å². The van der Waals surface area contributed by atoms with Gasteiger partial charge in [-0.15, -0.1) is 24.8 Å². The zero-order valence-corrected chi connectivity index (χ0v) is 22.4. The van der Waals surface area contributed by atoms with Crippen molar-refractivity contribution in [1.29, 1.82) is 0 Å². The quantitative estimate of drug-likeness (QED) is 0.495. The Hall–Kier alpha value is -1.59. The van der Waals surface area contributed by atoms with Gasteiger partial charge in [-0.3, -0.25) is 4.90 Å². The lowest BCUT2D eigenvalue weighted by Gasteiger charge is -2.39. The molecular weight excluding hydrogens is 467 g/mol. The molecule has 0 amide bonds. The number of nitrogens with one attached hydrogen (secondary N) is 1. The van der Waals surface area contributed by atoms with E-state index in [1.54, 1.807) is 0 Å². The summed E-state index contributed by atoms with van der Waals surface area (Å²) in [6.07, 6.45) is 3.86. The molecule has 4 rings (SSSR count). The third kappa shape index (κ3) is 7.21. The smallest absolute Gasteiger partial charge is 0.123 e. The number of benzene rings is 2. The van der Waals surface area contributed by atoms with Crippen LogP contribution < -0.4 is 10.1 Å². The molecule has 34 heavy (non-hydrogen) atoms. The number of fused-ring (bicyclic) bond motifs is 1. The second-order valence-corrected chi connectivity index (χ2v) is 10.5. The van der Waals surface area contributed by atoms with Crippen molar-refractivity contribution in [1.82, 2.24) is 10.2 Å². The summed E-state index contributed by atoms with van der Waals surface area (Å²) in [5.74, 6) is 2.01. The minimum Gasteiger partial charge on any atom is -0.492 e. The summed E-state index contributed by atoms with van der Waals surface area (Å²) in [5, 5.41) is 3.45. The van der Waals surface area contributed by atoms with Gasteiger partial charge in [-0.2, -0.15) is 0 Å². The molecule has 2 unspecified atom stereocenters. The number of halogens is 2. The van der Waals surface area contributed by atoms with E-state index in [0.29, 0.717) is 18.3 Å². The number of rotatable bonds is 6. The number of carbonyl (C=O) groups excluding carboxylic acids is 1. The molecule has 0 aliphatic carbocycles. The number of aldehydes is 1. The molecular formula is C28H40Cl2N2O2. The Kier molecular flexibility index (Phi) is 10.9. The van der Waals surface area contributed by atoms with Crippen LogP contribution in [0.15, 0.2) is 42.5 Å². The molecule has 6 heteroatoms. The van der Waals surface area contributed by atoms with Crippen molar-refractivity contribution < 1.29 is 9.53 Å². The molecule has 4 nitrogen and oxygen atoms in total. The first-order chi connectivity index (χ1) is 15.4. The number of carbonyl (C=O) groups is 1. The first-order valence-corrected chi connectivity index (χ1v) is 12.2. The van der Waals surface area contributed by atoms with Gasteiger partial charge in [0.15, 0.2) is 0 Å². The molecule has 0 bridgehead atoms. The monoisotopic (exact) mass is 506 g/mol. The third-order valence-corrected chi connectivity index (χ3v) is 7.09. The maximum Gasteiger partial charge on any atom is 0.123 e. The fraction of sp³-hybridized carbons (Fsp3) is 0.536. The van der Waals surface area contributed by atoms with Crippen LogP contribution >= 0.6 is 24.8 Å². The molecule has 0 radical (unpaired) electrons. The van der Waals surface area contributed by atoms with Gasteiger partial charge in [-0.1, -0.05) is 57.2 Å². The highest BCUT2D eigenvalue weighted by atomic mass is 35.5. The molecule has 2 aliphatic rings. The maximum atomic E-state index is 11.1. The van der Waals surface area contributed by atoms with E-state index < -0.39 is 0 Å². The van der Waals surface area contributed by atoms with E-state index >= 15 is 0 Å². The average molecular weight is 508 g/mol. The third-order valence-electron chi connectivity index (χ3n) is 7.09. The SMILES string of the molecule is CC(C)(C)c1ccc(CN2CCC(CCC=O)C(c3ccc4c(c3)CNCCO4)C2)cc1.Cl.Cl. The van der Waals surface area contributed by atoms with Crippen molar-refractivity contribution in [3.63, 3.8) is 0 Å². The Balaban J connectivity index is 0.00000204.